The average molecular weight is 186 g/mol. The highest BCUT2D eigenvalue weighted by Gasteiger charge is 1.96. The molecular weight excluding hydrogens is 172 g/mol. The van der Waals surface area contributed by atoms with Crippen LogP contribution in [0, 0.1) is 0 Å². The summed E-state index contributed by atoms with van der Waals surface area (Å²) in [5.41, 5.74) is 5.16. The molecule has 0 spiro atoms. The Hall–Kier alpha value is -1.57. The zero-order chi connectivity index (χ0) is 9.64. The van der Waals surface area contributed by atoms with E-state index in [9.17, 15) is 0 Å². The summed E-state index contributed by atoms with van der Waals surface area (Å²) >= 11 is 0. The molecule has 0 bridgehead atoms. The lowest BCUT2D eigenvalue weighted by molar-refractivity contribution is 1.36. The number of nitrogens with zero attached hydrogens (tertiary/aromatic N) is 1. The normalized spacial score (nSPS) is 15.7. The Morgan fingerprint density at radius 2 is 1.86 bits per heavy atom. The van der Waals surface area contributed by atoms with Gasteiger partial charge in [0.15, 0.2) is 0 Å². The highest BCUT2D eigenvalue weighted by Crippen LogP contribution is 2.17. The van der Waals surface area contributed by atoms with E-state index in [-0.39, 0.29) is 0 Å². The lowest BCUT2D eigenvalue weighted by Crippen LogP contribution is -1.87. The zero-order valence-electron chi connectivity index (χ0n) is 8.11. The second kappa shape index (κ2) is 4.61. The number of hydrazone groups is 1. The first kappa shape index (κ1) is 9.00. The van der Waals surface area contributed by atoms with E-state index in [1.165, 1.54) is 24.8 Å². The molecular formula is C12H14N2. The van der Waals surface area contributed by atoms with Gasteiger partial charge in [0.1, 0.15) is 0 Å². The molecule has 14 heavy (non-hydrogen) atoms. The number of benzene rings is 1. The van der Waals surface area contributed by atoms with Crippen LogP contribution in [0.25, 0.3) is 6.08 Å². The van der Waals surface area contributed by atoms with Crippen molar-refractivity contribution in [3.63, 3.8) is 0 Å². The molecule has 0 radical (unpaired) electrons. The van der Waals surface area contributed by atoms with Crippen molar-refractivity contribution in [3.05, 3.63) is 35.9 Å². The predicted molar refractivity (Wildman–Crippen MR) is 61.4 cm³/mol. The minimum absolute atomic E-state index is 1.05. The standard InChI is InChI=1S/C9H8N2.C3H6/c1-2-6-9-8(4-1)5-3-7-10-11-9;1-2-3-1/h1-7,11H;1-3H2. The molecule has 2 nitrogen and oxygen atoms in total. The van der Waals surface area contributed by atoms with Crippen LogP contribution in [0.3, 0.4) is 0 Å². The Kier molecular flexibility index (Phi) is 2.96. The summed E-state index contributed by atoms with van der Waals surface area (Å²) in [5.74, 6) is 0. The first-order valence-corrected chi connectivity index (χ1v) is 5.01. The second-order valence-corrected chi connectivity index (χ2v) is 3.40. The first-order chi connectivity index (χ1) is 6.97. The van der Waals surface area contributed by atoms with Gasteiger partial charge in [-0.05, 0) is 17.7 Å². The van der Waals surface area contributed by atoms with E-state index < -0.39 is 0 Å². The second-order valence-electron chi connectivity index (χ2n) is 3.40. The van der Waals surface area contributed by atoms with Gasteiger partial charge >= 0.3 is 0 Å². The first-order valence-electron chi connectivity index (χ1n) is 5.01. The van der Waals surface area contributed by atoms with Crippen LogP contribution in [0.2, 0.25) is 0 Å². The number of anilines is 1. The van der Waals surface area contributed by atoms with Crippen molar-refractivity contribution in [3.8, 4) is 0 Å². The molecule has 0 saturated heterocycles. The predicted octanol–water partition coefficient (Wildman–Crippen LogP) is 3.28. The topological polar surface area (TPSA) is 24.4 Å². The van der Waals surface area contributed by atoms with E-state index in [4.69, 9.17) is 0 Å². The van der Waals surface area contributed by atoms with Crippen molar-refractivity contribution in [1.82, 2.24) is 0 Å². The molecule has 1 saturated carbocycles. The maximum atomic E-state index is 3.95. The summed E-state index contributed by atoms with van der Waals surface area (Å²) in [5, 5.41) is 3.95. The molecule has 1 aliphatic carbocycles. The van der Waals surface area contributed by atoms with Crippen LogP contribution in [-0.4, -0.2) is 6.21 Å². The summed E-state index contributed by atoms with van der Waals surface area (Å²) < 4.78 is 0. The largest absolute Gasteiger partial charge is 0.278 e. The van der Waals surface area contributed by atoms with Crippen LogP contribution in [0.5, 0.6) is 0 Å². The third-order valence-electron chi connectivity index (χ3n) is 1.94. The van der Waals surface area contributed by atoms with Gasteiger partial charge in [0.25, 0.3) is 0 Å². The van der Waals surface area contributed by atoms with E-state index in [0.717, 1.165) is 5.69 Å². The minimum atomic E-state index is 1.05. The summed E-state index contributed by atoms with van der Waals surface area (Å²) in [6.45, 7) is 0. The summed E-state index contributed by atoms with van der Waals surface area (Å²) in [7, 11) is 0. The van der Waals surface area contributed by atoms with Gasteiger partial charge in [-0.15, -0.1) is 0 Å². The lowest BCUT2D eigenvalue weighted by atomic mass is 10.2. The highest BCUT2D eigenvalue weighted by molar-refractivity contribution is 5.83. The number of fused-ring (bicyclic) bond motifs is 1. The molecule has 3 rings (SSSR count). The molecule has 0 unspecified atom stereocenters. The molecule has 1 aliphatic heterocycles. The molecule has 1 aromatic carbocycles. The fourth-order valence-corrected chi connectivity index (χ4v) is 1.04. The third-order valence-corrected chi connectivity index (χ3v) is 1.94. The van der Waals surface area contributed by atoms with E-state index in [1.807, 2.05) is 36.4 Å². The van der Waals surface area contributed by atoms with E-state index >= 15 is 0 Å². The van der Waals surface area contributed by atoms with Crippen LogP contribution in [0.15, 0.2) is 35.4 Å². The maximum absolute atomic E-state index is 3.95. The number of para-hydroxylation sites is 1. The summed E-state index contributed by atoms with van der Waals surface area (Å²) in [4.78, 5) is 0. The summed E-state index contributed by atoms with van der Waals surface area (Å²) in [6, 6.07) is 8.05. The number of hydrogen-bond acceptors (Lipinski definition) is 2. The number of nitrogens with one attached hydrogen (secondary N) is 1. The van der Waals surface area contributed by atoms with Gasteiger partial charge in [-0.1, -0.05) is 43.5 Å². The highest BCUT2D eigenvalue weighted by atomic mass is 15.3. The van der Waals surface area contributed by atoms with Gasteiger partial charge in [0.05, 0.1) is 5.69 Å². The molecule has 2 heteroatoms. The number of rotatable bonds is 0. The fraction of sp³-hybridized carbons (Fsp3) is 0.250. The van der Waals surface area contributed by atoms with Crippen LogP contribution in [-0.2, 0) is 0 Å². The number of hydrogen-bond donors (Lipinski definition) is 1. The Labute approximate surface area is 84.3 Å². The summed E-state index contributed by atoms with van der Waals surface area (Å²) in [6.07, 6.45) is 10.2. The molecule has 0 aromatic heterocycles. The SMILES string of the molecule is C1=Cc2ccccc2NN=C1.C1CC1. The van der Waals surface area contributed by atoms with Gasteiger partial charge < -0.3 is 0 Å². The van der Waals surface area contributed by atoms with Crippen molar-refractivity contribution in [2.75, 3.05) is 5.43 Å². The molecule has 0 amide bonds. The minimum Gasteiger partial charge on any atom is -0.278 e. The molecule has 1 fully saturated rings. The van der Waals surface area contributed by atoms with Crippen molar-refractivity contribution >= 4 is 18.0 Å². The number of allylic oxidation sites excluding steroid dienone is 1. The van der Waals surface area contributed by atoms with E-state index in [1.54, 1.807) is 6.21 Å². The molecule has 1 heterocycles. The maximum Gasteiger partial charge on any atom is 0.0634 e. The Morgan fingerprint density at radius 1 is 1.07 bits per heavy atom. The van der Waals surface area contributed by atoms with Gasteiger partial charge in [0.2, 0.25) is 0 Å². The van der Waals surface area contributed by atoms with E-state index in [2.05, 4.69) is 10.5 Å². The zero-order valence-corrected chi connectivity index (χ0v) is 8.11. The Morgan fingerprint density at radius 3 is 2.64 bits per heavy atom. The van der Waals surface area contributed by atoms with Crippen LogP contribution < -0.4 is 5.43 Å². The van der Waals surface area contributed by atoms with Crippen molar-refractivity contribution in [2.45, 2.75) is 19.3 Å². The lowest BCUT2D eigenvalue weighted by Gasteiger charge is -2.00. The molecule has 2 aliphatic rings. The van der Waals surface area contributed by atoms with Crippen molar-refractivity contribution < 1.29 is 0 Å². The molecule has 0 atom stereocenters. The fourth-order valence-electron chi connectivity index (χ4n) is 1.04. The van der Waals surface area contributed by atoms with Crippen LogP contribution >= 0.6 is 0 Å². The quantitative estimate of drug-likeness (QED) is 0.660. The Balaban J connectivity index is 0.000000214. The molecule has 72 valence electrons. The van der Waals surface area contributed by atoms with Gasteiger partial charge in [-0.3, -0.25) is 5.43 Å². The van der Waals surface area contributed by atoms with Crippen molar-refractivity contribution in [1.29, 1.82) is 0 Å². The smallest absolute Gasteiger partial charge is 0.0634 e. The van der Waals surface area contributed by atoms with Gasteiger partial charge in [-0.25, -0.2) is 0 Å². The van der Waals surface area contributed by atoms with Crippen LogP contribution in [0.1, 0.15) is 24.8 Å². The van der Waals surface area contributed by atoms with Crippen LogP contribution in [0.4, 0.5) is 5.69 Å². The van der Waals surface area contributed by atoms with Crippen molar-refractivity contribution in [2.24, 2.45) is 5.10 Å². The Bertz CT molecular complexity index is 348. The van der Waals surface area contributed by atoms with Gasteiger partial charge in [0, 0.05) is 6.21 Å². The van der Waals surface area contributed by atoms with E-state index in [0.29, 0.717) is 0 Å². The molecule has 1 aromatic rings. The molecule has 1 N–H and O–H groups in total. The van der Waals surface area contributed by atoms with Gasteiger partial charge in [-0.2, -0.15) is 5.10 Å². The monoisotopic (exact) mass is 186 g/mol. The average Bonchev–Trinajstić information content (AvgIpc) is 3.08. The third kappa shape index (κ3) is 2.73.